The molecule has 1 aromatic heterocycles. The van der Waals surface area contributed by atoms with E-state index in [1.54, 1.807) is 12.1 Å². The fourth-order valence-corrected chi connectivity index (χ4v) is 2.12. The van der Waals surface area contributed by atoms with Crippen molar-refractivity contribution in [2.75, 3.05) is 26.9 Å². The van der Waals surface area contributed by atoms with Gasteiger partial charge in [0.05, 0.1) is 24.0 Å². The fraction of sp³-hybridized carbons (Fsp3) is 0.571. The maximum absolute atomic E-state index is 11.3. The monoisotopic (exact) mass is 280 g/mol. The Labute approximate surface area is 118 Å². The lowest BCUT2D eigenvalue weighted by Crippen LogP contribution is -2.44. The first-order valence-corrected chi connectivity index (χ1v) is 6.67. The Balaban J connectivity index is 1.80. The molecule has 0 radical (unpaired) electrons. The quantitative estimate of drug-likeness (QED) is 0.765. The number of esters is 1. The second kappa shape index (κ2) is 6.78. The molecular weight excluding hydrogens is 260 g/mol. The van der Waals surface area contributed by atoms with Crippen LogP contribution in [0.3, 0.4) is 0 Å². The number of aliphatic hydroxyl groups is 1. The van der Waals surface area contributed by atoms with Gasteiger partial charge in [0.25, 0.3) is 0 Å². The van der Waals surface area contributed by atoms with Crippen molar-refractivity contribution in [1.29, 1.82) is 0 Å². The number of aromatic nitrogens is 1. The van der Waals surface area contributed by atoms with Crippen molar-refractivity contribution < 1.29 is 19.4 Å². The second-order valence-electron chi connectivity index (χ2n) is 4.97. The van der Waals surface area contributed by atoms with Gasteiger partial charge in [-0.15, -0.1) is 0 Å². The third-order valence-electron chi connectivity index (χ3n) is 3.43. The minimum absolute atomic E-state index is 0.395. The van der Waals surface area contributed by atoms with Crippen LogP contribution in [0.1, 0.15) is 28.9 Å². The molecule has 0 unspecified atom stereocenters. The van der Waals surface area contributed by atoms with Crippen LogP contribution < -0.4 is 5.32 Å². The molecule has 2 rings (SSSR count). The molecule has 6 nitrogen and oxygen atoms in total. The lowest BCUT2D eigenvalue weighted by Gasteiger charge is -2.32. The third-order valence-corrected chi connectivity index (χ3v) is 3.43. The van der Waals surface area contributed by atoms with Crippen LogP contribution in [0, 0.1) is 0 Å². The van der Waals surface area contributed by atoms with Gasteiger partial charge >= 0.3 is 5.97 Å². The number of ether oxygens (including phenoxy) is 2. The Morgan fingerprint density at radius 2 is 2.25 bits per heavy atom. The van der Waals surface area contributed by atoms with Crippen molar-refractivity contribution in [3.63, 3.8) is 0 Å². The molecule has 1 aromatic rings. The summed E-state index contributed by atoms with van der Waals surface area (Å²) in [7, 11) is 1.34. The standard InChI is InChI=1S/C14H20N2O4/c1-19-13(17)11-2-3-12(16-8-11)9-15-10-14(18)4-6-20-7-5-14/h2-3,8,15,18H,4-7,9-10H2,1H3. The normalized spacial score (nSPS) is 17.7. The molecule has 0 amide bonds. The van der Waals surface area contributed by atoms with Crippen molar-refractivity contribution >= 4 is 5.97 Å². The van der Waals surface area contributed by atoms with Gasteiger partial charge in [0.2, 0.25) is 0 Å². The number of carbonyl (C=O) groups is 1. The topological polar surface area (TPSA) is 80.7 Å². The molecule has 110 valence electrons. The number of nitrogens with zero attached hydrogens (tertiary/aromatic N) is 1. The van der Waals surface area contributed by atoms with Gasteiger partial charge in [-0.2, -0.15) is 0 Å². The molecular formula is C14H20N2O4. The van der Waals surface area contributed by atoms with E-state index in [1.807, 2.05) is 0 Å². The average molecular weight is 280 g/mol. The van der Waals surface area contributed by atoms with Crippen LogP contribution in [-0.2, 0) is 16.0 Å². The first-order valence-electron chi connectivity index (χ1n) is 6.67. The third kappa shape index (κ3) is 4.00. The highest BCUT2D eigenvalue weighted by molar-refractivity contribution is 5.88. The molecule has 0 aromatic carbocycles. The number of carbonyl (C=O) groups excluding carboxylic acids is 1. The molecule has 0 aliphatic carbocycles. The summed E-state index contributed by atoms with van der Waals surface area (Å²) in [5.74, 6) is -0.395. The van der Waals surface area contributed by atoms with Gasteiger partial charge in [0.1, 0.15) is 0 Å². The maximum atomic E-state index is 11.3. The van der Waals surface area contributed by atoms with E-state index in [4.69, 9.17) is 4.74 Å². The molecule has 0 bridgehead atoms. The van der Waals surface area contributed by atoms with E-state index in [2.05, 4.69) is 15.0 Å². The summed E-state index contributed by atoms with van der Waals surface area (Å²) >= 11 is 0. The lowest BCUT2D eigenvalue weighted by molar-refractivity contribution is -0.0617. The number of methoxy groups -OCH3 is 1. The number of hydrogen-bond acceptors (Lipinski definition) is 6. The molecule has 2 heterocycles. The second-order valence-corrected chi connectivity index (χ2v) is 4.97. The minimum atomic E-state index is -0.690. The van der Waals surface area contributed by atoms with Gasteiger partial charge in [-0.3, -0.25) is 4.98 Å². The van der Waals surface area contributed by atoms with Gasteiger partial charge in [-0.25, -0.2) is 4.79 Å². The Hall–Kier alpha value is -1.50. The number of hydrogen-bond donors (Lipinski definition) is 2. The van der Waals surface area contributed by atoms with E-state index in [-0.39, 0.29) is 0 Å². The lowest BCUT2D eigenvalue weighted by atomic mass is 9.94. The highest BCUT2D eigenvalue weighted by atomic mass is 16.5. The van der Waals surface area contributed by atoms with Gasteiger partial charge in [0, 0.05) is 45.3 Å². The molecule has 2 N–H and O–H groups in total. The summed E-state index contributed by atoms with van der Waals surface area (Å²) in [6.45, 7) is 2.26. The number of nitrogens with one attached hydrogen (secondary N) is 1. The molecule has 1 aliphatic rings. The SMILES string of the molecule is COC(=O)c1ccc(CNCC2(O)CCOCC2)nc1. The molecule has 20 heavy (non-hydrogen) atoms. The van der Waals surface area contributed by atoms with E-state index in [1.165, 1.54) is 13.3 Å². The average Bonchev–Trinajstić information content (AvgIpc) is 2.48. The first kappa shape index (κ1) is 14.9. The summed E-state index contributed by atoms with van der Waals surface area (Å²) in [5.41, 5.74) is 0.553. The molecule has 6 heteroatoms. The van der Waals surface area contributed by atoms with Crippen LogP contribution in [-0.4, -0.2) is 48.5 Å². The zero-order chi connectivity index (χ0) is 14.4. The van der Waals surface area contributed by atoms with Crippen LogP contribution in [0.25, 0.3) is 0 Å². The predicted molar refractivity (Wildman–Crippen MR) is 72.3 cm³/mol. The van der Waals surface area contributed by atoms with Crippen LogP contribution >= 0.6 is 0 Å². The van der Waals surface area contributed by atoms with Gasteiger partial charge in [-0.05, 0) is 12.1 Å². The van der Waals surface area contributed by atoms with Gasteiger partial charge in [-0.1, -0.05) is 0 Å². The van der Waals surface area contributed by atoms with Crippen LogP contribution in [0.5, 0.6) is 0 Å². The Morgan fingerprint density at radius 3 is 2.85 bits per heavy atom. The van der Waals surface area contributed by atoms with Gasteiger partial charge < -0.3 is 19.9 Å². The van der Waals surface area contributed by atoms with Crippen LogP contribution in [0.4, 0.5) is 0 Å². The van der Waals surface area contributed by atoms with Crippen LogP contribution in [0.2, 0.25) is 0 Å². The van der Waals surface area contributed by atoms with Crippen LogP contribution in [0.15, 0.2) is 18.3 Å². The fourth-order valence-electron chi connectivity index (χ4n) is 2.12. The van der Waals surface area contributed by atoms with E-state index in [0.717, 1.165) is 5.69 Å². The summed E-state index contributed by atoms with van der Waals surface area (Å²) in [6, 6.07) is 3.45. The Morgan fingerprint density at radius 1 is 1.50 bits per heavy atom. The summed E-state index contributed by atoms with van der Waals surface area (Å²) < 4.78 is 9.84. The number of pyridine rings is 1. The molecule has 1 saturated heterocycles. The molecule has 0 saturated carbocycles. The van der Waals surface area contributed by atoms with Crippen molar-refractivity contribution in [3.8, 4) is 0 Å². The zero-order valence-electron chi connectivity index (χ0n) is 11.6. The van der Waals surface area contributed by atoms with Crippen molar-refractivity contribution in [2.24, 2.45) is 0 Å². The molecule has 0 atom stereocenters. The first-order chi connectivity index (χ1) is 9.63. The Bertz CT molecular complexity index is 441. The largest absolute Gasteiger partial charge is 0.465 e. The highest BCUT2D eigenvalue weighted by Crippen LogP contribution is 2.19. The maximum Gasteiger partial charge on any atom is 0.339 e. The summed E-state index contributed by atoms with van der Waals surface area (Å²) in [4.78, 5) is 15.4. The smallest absolute Gasteiger partial charge is 0.339 e. The van der Waals surface area contributed by atoms with Crippen molar-refractivity contribution in [1.82, 2.24) is 10.3 Å². The molecule has 1 aliphatic heterocycles. The highest BCUT2D eigenvalue weighted by Gasteiger charge is 2.29. The predicted octanol–water partition coefficient (Wildman–Crippen LogP) is 0.499. The molecule has 0 spiro atoms. The van der Waals surface area contributed by atoms with Crippen molar-refractivity contribution in [2.45, 2.75) is 25.0 Å². The minimum Gasteiger partial charge on any atom is -0.465 e. The van der Waals surface area contributed by atoms with E-state index in [0.29, 0.717) is 44.7 Å². The number of rotatable bonds is 5. The van der Waals surface area contributed by atoms with E-state index < -0.39 is 11.6 Å². The van der Waals surface area contributed by atoms with E-state index >= 15 is 0 Å². The summed E-state index contributed by atoms with van der Waals surface area (Å²) in [5, 5.41) is 13.5. The zero-order valence-corrected chi connectivity index (χ0v) is 11.6. The Kier molecular flexibility index (Phi) is 5.05. The van der Waals surface area contributed by atoms with Gasteiger partial charge in [0.15, 0.2) is 0 Å². The van der Waals surface area contributed by atoms with E-state index in [9.17, 15) is 9.90 Å². The van der Waals surface area contributed by atoms with Crippen molar-refractivity contribution in [3.05, 3.63) is 29.6 Å². The summed E-state index contributed by atoms with van der Waals surface area (Å²) in [6.07, 6.45) is 2.79. The molecule has 1 fully saturated rings.